The smallest absolute Gasteiger partial charge is 0.309 e. The van der Waals surface area contributed by atoms with Crippen molar-refractivity contribution in [3.8, 4) is 0 Å². The van der Waals surface area contributed by atoms with Crippen molar-refractivity contribution in [2.45, 2.75) is 13.0 Å². The van der Waals surface area contributed by atoms with Crippen LogP contribution in [0.1, 0.15) is 18.5 Å². The second-order valence-corrected chi connectivity index (χ2v) is 6.26. The van der Waals surface area contributed by atoms with Crippen molar-refractivity contribution in [2.24, 2.45) is 0 Å². The largest absolute Gasteiger partial charge is 0.348 e. The number of hydrogen-bond acceptors (Lipinski definition) is 5. The Balaban J connectivity index is 1.97. The number of nitrogens with zero attached hydrogens (tertiary/aromatic N) is 2. The highest BCUT2D eigenvalue weighted by Gasteiger charge is 2.25. The molecule has 2 N–H and O–H groups in total. The fourth-order valence-corrected chi connectivity index (χ4v) is 3.27. The van der Waals surface area contributed by atoms with Gasteiger partial charge in [-0.1, -0.05) is 0 Å². The van der Waals surface area contributed by atoms with Crippen molar-refractivity contribution in [3.63, 3.8) is 0 Å². The molecule has 0 aliphatic carbocycles. The van der Waals surface area contributed by atoms with Crippen molar-refractivity contribution in [2.75, 3.05) is 46.3 Å². The minimum atomic E-state index is -0.565. The molecular formula is C15H24N4O2S. The van der Waals surface area contributed by atoms with Crippen LogP contribution in [0.25, 0.3) is 0 Å². The first kappa shape index (κ1) is 16.9. The zero-order valence-electron chi connectivity index (χ0n) is 13.2. The molecule has 1 aromatic rings. The topological polar surface area (TPSA) is 64.7 Å². The van der Waals surface area contributed by atoms with Gasteiger partial charge in [0, 0.05) is 39.3 Å². The van der Waals surface area contributed by atoms with Crippen LogP contribution in [0.3, 0.4) is 0 Å². The van der Waals surface area contributed by atoms with Gasteiger partial charge in [-0.15, -0.1) is 0 Å². The average Bonchev–Trinajstić information content (AvgIpc) is 3.03. The van der Waals surface area contributed by atoms with E-state index in [1.165, 1.54) is 5.56 Å². The van der Waals surface area contributed by atoms with E-state index in [1.54, 1.807) is 18.3 Å². The molecule has 7 heteroatoms. The number of likely N-dealkylation sites (N-methyl/N-ethyl adjacent to an activating group) is 2. The number of carbonyl (C=O) groups excluding carboxylic acids is 2. The quantitative estimate of drug-likeness (QED) is 0.764. The van der Waals surface area contributed by atoms with Gasteiger partial charge in [0.2, 0.25) is 0 Å². The molecule has 2 heterocycles. The third kappa shape index (κ3) is 4.53. The highest BCUT2D eigenvalue weighted by Crippen LogP contribution is 2.23. The van der Waals surface area contributed by atoms with Crippen LogP contribution in [0.2, 0.25) is 0 Å². The maximum atomic E-state index is 11.8. The lowest BCUT2D eigenvalue weighted by molar-refractivity contribution is -0.139. The first-order valence-corrected chi connectivity index (χ1v) is 8.56. The minimum Gasteiger partial charge on any atom is -0.348 e. The van der Waals surface area contributed by atoms with Gasteiger partial charge in [-0.3, -0.25) is 14.5 Å². The lowest BCUT2D eigenvalue weighted by Crippen LogP contribution is -2.49. The first-order chi connectivity index (χ1) is 10.6. The molecule has 122 valence electrons. The predicted octanol–water partition coefficient (Wildman–Crippen LogP) is 0.289. The number of thiophene rings is 1. The lowest BCUT2D eigenvalue weighted by Gasteiger charge is -2.37. The number of rotatable bonds is 5. The molecule has 0 radical (unpaired) electrons. The van der Waals surface area contributed by atoms with Crippen LogP contribution in [0.5, 0.6) is 0 Å². The molecule has 0 aromatic carbocycles. The summed E-state index contributed by atoms with van der Waals surface area (Å²) in [5.74, 6) is -1.12. The average molecular weight is 324 g/mol. The molecule has 1 atom stereocenters. The van der Waals surface area contributed by atoms with Crippen LogP contribution >= 0.6 is 11.3 Å². The fourth-order valence-electron chi connectivity index (χ4n) is 2.57. The molecule has 1 fully saturated rings. The number of nitrogens with one attached hydrogen (secondary N) is 2. The third-order valence-corrected chi connectivity index (χ3v) is 4.61. The highest BCUT2D eigenvalue weighted by atomic mass is 32.1. The van der Waals surface area contributed by atoms with Gasteiger partial charge in [0.15, 0.2) is 0 Å². The number of piperazine rings is 1. The number of hydrogen-bond donors (Lipinski definition) is 2. The summed E-state index contributed by atoms with van der Waals surface area (Å²) in [4.78, 5) is 28.0. The fraction of sp³-hybridized carbons (Fsp3) is 0.600. The van der Waals surface area contributed by atoms with Gasteiger partial charge in [-0.05, 0) is 36.4 Å². The van der Waals surface area contributed by atoms with Crippen LogP contribution in [-0.2, 0) is 9.59 Å². The molecule has 2 amide bonds. The molecule has 0 spiro atoms. The van der Waals surface area contributed by atoms with Crippen molar-refractivity contribution < 1.29 is 9.59 Å². The summed E-state index contributed by atoms with van der Waals surface area (Å²) in [5.41, 5.74) is 1.20. The van der Waals surface area contributed by atoms with Crippen LogP contribution in [0.15, 0.2) is 16.8 Å². The molecule has 22 heavy (non-hydrogen) atoms. The van der Waals surface area contributed by atoms with E-state index < -0.39 is 11.8 Å². The summed E-state index contributed by atoms with van der Waals surface area (Å²) in [6, 6.07) is 2.21. The Morgan fingerprint density at radius 1 is 1.23 bits per heavy atom. The maximum absolute atomic E-state index is 11.8. The van der Waals surface area contributed by atoms with E-state index in [9.17, 15) is 9.59 Å². The Hall–Kier alpha value is -1.44. The Morgan fingerprint density at radius 3 is 2.50 bits per heavy atom. The van der Waals surface area contributed by atoms with Gasteiger partial charge >= 0.3 is 11.8 Å². The number of carbonyl (C=O) groups is 2. The Labute approximate surface area is 135 Å². The molecule has 0 saturated carbocycles. The van der Waals surface area contributed by atoms with Crippen molar-refractivity contribution in [1.82, 2.24) is 20.4 Å². The SMILES string of the molecule is CCNC(=O)C(=O)NCC(c1ccsc1)N1CCN(C)CC1. The van der Waals surface area contributed by atoms with E-state index in [0.29, 0.717) is 13.1 Å². The van der Waals surface area contributed by atoms with E-state index in [2.05, 4.69) is 38.9 Å². The van der Waals surface area contributed by atoms with Gasteiger partial charge in [0.05, 0.1) is 6.04 Å². The van der Waals surface area contributed by atoms with Gasteiger partial charge in [-0.2, -0.15) is 11.3 Å². The summed E-state index contributed by atoms with van der Waals surface area (Å²) >= 11 is 1.65. The van der Waals surface area contributed by atoms with Gasteiger partial charge < -0.3 is 15.5 Å². The molecule has 1 unspecified atom stereocenters. The normalized spacial score (nSPS) is 17.9. The summed E-state index contributed by atoms with van der Waals surface area (Å²) < 4.78 is 0. The van der Waals surface area contributed by atoms with Gasteiger partial charge in [-0.25, -0.2) is 0 Å². The zero-order chi connectivity index (χ0) is 15.9. The zero-order valence-corrected chi connectivity index (χ0v) is 14.0. The van der Waals surface area contributed by atoms with Gasteiger partial charge in [0.1, 0.15) is 0 Å². The van der Waals surface area contributed by atoms with Crippen molar-refractivity contribution in [1.29, 1.82) is 0 Å². The second kappa shape index (κ2) is 8.26. The third-order valence-electron chi connectivity index (χ3n) is 3.91. The van der Waals surface area contributed by atoms with E-state index in [0.717, 1.165) is 26.2 Å². The molecule has 6 nitrogen and oxygen atoms in total. The maximum Gasteiger partial charge on any atom is 0.309 e. The van der Waals surface area contributed by atoms with Crippen LogP contribution in [0, 0.1) is 0 Å². The molecule has 2 rings (SSSR count). The molecule has 1 aliphatic rings. The summed E-state index contributed by atoms with van der Waals surface area (Å²) in [5, 5.41) is 9.44. The summed E-state index contributed by atoms with van der Waals surface area (Å²) in [7, 11) is 2.12. The Morgan fingerprint density at radius 2 is 1.91 bits per heavy atom. The second-order valence-electron chi connectivity index (χ2n) is 5.48. The molecule has 1 aliphatic heterocycles. The van der Waals surface area contributed by atoms with Crippen LogP contribution < -0.4 is 10.6 Å². The Kier molecular flexibility index (Phi) is 6.35. The van der Waals surface area contributed by atoms with E-state index in [1.807, 2.05) is 5.38 Å². The van der Waals surface area contributed by atoms with Gasteiger partial charge in [0.25, 0.3) is 0 Å². The van der Waals surface area contributed by atoms with Crippen LogP contribution in [0.4, 0.5) is 0 Å². The molecule has 0 bridgehead atoms. The summed E-state index contributed by atoms with van der Waals surface area (Å²) in [6.45, 7) is 6.68. The molecular weight excluding hydrogens is 300 g/mol. The molecule has 1 aromatic heterocycles. The molecule has 1 saturated heterocycles. The van der Waals surface area contributed by atoms with E-state index in [4.69, 9.17) is 0 Å². The van der Waals surface area contributed by atoms with E-state index >= 15 is 0 Å². The monoisotopic (exact) mass is 324 g/mol. The van der Waals surface area contributed by atoms with Crippen LogP contribution in [-0.4, -0.2) is 67.9 Å². The number of amides is 2. The Bertz CT molecular complexity index is 484. The minimum absolute atomic E-state index is 0.123. The lowest BCUT2D eigenvalue weighted by atomic mass is 10.1. The predicted molar refractivity (Wildman–Crippen MR) is 87.8 cm³/mol. The van der Waals surface area contributed by atoms with Crippen molar-refractivity contribution in [3.05, 3.63) is 22.4 Å². The highest BCUT2D eigenvalue weighted by molar-refractivity contribution is 7.07. The van der Waals surface area contributed by atoms with E-state index in [-0.39, 0.29) is 6.04 Å². The first-order valence-electron chi connectivity index (χ1n) is 7.62. The standard InChI is InChI=1S/C15H24N4O2S/c1-3-16-14(20)15(21)17-10-13(12-4-9-22-11-12)19-7-5-18(2)6-8-19/h4,9,11,13H,3,5-8,10H2,1-2H3,(H,16,20)(H,17,21). The summed E-state index contributed by atoms with van der Waals surface area (Å²) in [6.07, 6.45) is 0. The van der Waals surface area contributed by atoms with Crippen molar-refractivity contribution >= 4 is 23.2 Å².